The molecule has 3 unspecified atom stereocenters. The Morgan fingerprint density at radius 3 is 2.14 bits per heavy atom. The number of carbonyl (C=O) groups excluding carboxylic acids is 1. The van der Waals surface area contributed by atoms with E-state index < -0.39 is 68.2 Å². The molecule has 0 aromatic heterocycles. The smallest absolute Gasteiger partial charge is 0.356 e. The van der Waals surface area contributed by atoms with Crippen LogP contribution in [-0.4, -0.2) is 77.9 Å². The molecule has 268 valence electrons. The van der Waals surface area contributed by atoms with Gasteiger partial charge in [-0.3, -0.25) is 9.36 Å². The predicted molar refractivity (Wildman–Crippen MR) is 179 cm³/mol. The lowest BCUT2D eigenvalue weighted by molar-refractivity contribution is -0.306. The Hall–Kier alpha value is -4.50. The van der Waals surface area contributed by atoms with Crippen LogP contribution in [0.4, 0.5) is 10.1 Å². The minimum absolute atomic E-state index is 0.0644. The fraction of sp³-hybridized carbons (Fsp3) is 0.278. The first kappa shape index (κ1) is 36.3. The third kappa shape index (κ3) is 7.45. The third-order valence-electron chi connectivity index (χ3n) is 9.23. The van der Waals surface area contributed by atoms with E-state index in [0.29, 0.717) is 27.9 Å². The standard InChI is InChI=1S/C36H35FNO12P/c37-22-11-6-20(7-12-22)28(49-36-32(42)30(40)31(41)33(50-36)35(44)45)17-16-26-29(38(34(26)43)23-4-2-1-3-5-23)25-15-10-21(18-27(25)39)19-8-13-24(14-9-19)51(46,47)48/h1-15,18,26,28-33,36,39-42H,16-17H2,(H,44,45)(H2,46,47,48)/t26-,28+,29-,30?,31+,32?,33?,36-/m1/s1. The van der Waals surface area contributed by atoms with E-state index in [2.05, 4.69) is 0 Å². The van der Waals surface area contributed by atoms with Crippen molar-refractivity contribution in [2.24, 2.45) is 5.92 Å². The molecule has 2 saturated heterocycles. The van der Waals surface area contributed by atoms with Gasteiger partial charge in [-0.2, -0.15) is 0 Å². The van der Waals surface area contributed by atoms with Gasteiger partial charge < -0.3 is 49.7 Å². The number of phenols is 1. The molecule has 15 heteroatoms. The molecule has 6 rings (SSSR count). The summed E-state index contributed by atoms with van der Waals surface area (Å²) < 4.78 is 36.8. The Balaban J connectivity index is 1.29. The molecule has 1 amide bonds. The number of halogens is 1. The van der Waals surface area contributed by atoms with Crippen LogP contribution in [0.2, 0.25) is 0 Å². The van der Waals surface area contributed by atoms with Gasteiger partial charge in [0.1, 0.15) is 29.9 Å². The lowest BCUT2D eigenvalue weighted by Crippen LogP contribution is -2.60. The van der Waals surface area contributed by atoms with Crippen molar-refractivity contribution in [1.29, 1.82) is 0 Å². The van der Waals surface area contributed by atoms with Gasteiger partial charge in [0.25, 0.3) is 0 Å². The van der Waals surface area contributed by atoms with Gasteiger partial charge in [-0.25, -0.2) is 9.18 Å². The largest absolute Gasteiger partial charge is 0.508 e. The molecule has 7 N–H and O–H groups in total. The van der Waals surface area contributed by atoms with Crippen molar-refractivity contribution in [3.05, 3.63) is 114 Å². The van der Waals surface area contributed by atoms with Gasteiger partial charge in [0.2, 0.25) is 5.91 Å². The molecular weight excluding hydrogens is 688 g/mol. The van der Waals surface area contributed by atoms with Crippen LogP contribution in [-0.2, 0) is 23.6 Å². The number of anilines is 1. The number of phenolic OH excluding ortho intramolecular Hbond substituents is 1. The van der Waals surface area contributed by atoms with Gasteiger partial charge in [0.05, 0.1) is 23.4 Å². The number of aliphatic hydroxyl groups is 3. The SMILES string of the molecule is O=C(O)C1O[C@@H](O[C@@H](CC[C@H]2C(=O)N(c3ccccc3)[C@@H]2c2ccc(-c3ccc(P(=O)(O)O)cc3)cc2O)c2ccc(F)cc2)C(O)C(O)[C@@H]1O. The number of hydrogen-bond acceptors (Lipinski definition) is 9. The maximum atomic E-state index is 13.9. The van der Waals surface area contributed by atoms with E-state index in [9.17, 15) is 53.9 Å². The molecule has 0 bridgehead atoms. The van der Waals surface area contributed by atoms with Crippen molar-refractivity contribution in [3.63, 3.8) is 0 Å². The molecule has 0 spiro atoms. The molecule has 0 saturated carbocycles. The van der Waals surface area contributed by atoms with E-state index in [4.69, 9.17) is 9.47 Å². The molecule has 51 heavy (non-hydrogen) atoms. The zero-order chi connectivity index (χ0) is 36.6. The highest BCUT2D eigenvalue weighted by Crippen LogP contribution is 2.49. The predicted octanol–water partition coefficient (Wildman–Crippen LogP) is 3.14. The van der Waals surface area contributed by atoms with E-state index in [1.54, 1.807) is 47.4 Å². The minimum atomic E-state index is -4.44. The fourth-order valence-corrected chi connectivity index (χ4v) is 7.07. The fourth-order valence-electron chi connectivity index (χ4n) is 6.53. The summed E-state index contributed by atoms with van der Waals surface area (Å²) in [4.78, 5) is 45.9. The van der Waals surface area contributed by atoms with Crippen LogP contribution < -0.4 is 10.2 Å². The molecule has 2 aliphatic heterocycles. The summed E-state index contributed by atoms with van der Waals surface area (Å²) in [5, 5.41) is 51.7. The molecule has 0 radical (unpaired) electrons. The van der Waals surface area contributed by atoms with Crippen LogP contribution in [0.25, 0.3) is 11.1 Å². The molecule has 4 aromatic rings. The van der Waals surface area contributed by atoms with Crippen LogP contribution >= 0.6 is 7.60 Å². The van der Waals surface area contributed by atoms with Gasteiger partial charge in [-0.1, -0.05) is 54.6 Å². The number of aliphatic hydroxyl groups excluding tert-OH is 3. The molecule has 2 aliphatic rings. The monoisotopic (exact) mass is 723 g/mol. The maximum absolute atomic E-state index is 13.9. The second-order valence-corrected chi connectivity index (χ2v) is 14.1. The maximum Gasteiger partial charge on any atom is 0.356 e. The second kappa shape index (κ2) is 14.6. The summed E-state index contributed by atoms with van der Waals surface area (Å²) in [6, 6.07) is 23.9. The molecular formula is C36H35FNO12P. The van der Waals surface area contributed by atoms with Crippen molar-refractivity contribution in [2.45, 2.75) is 55.7 Å². The summed E-state index contributed by atoms with van der Waals surface area (Å²) in [6.07, 6.45) is -10.1. The first-order chi connectivity index (χ1) is 24.2. The number of para-hydroxylation sites is 1. The summed E-state index contributed by atoms with van der Waals surface area (Å²) in [5.74, 6) is -3.24. The van der Waals surface area contributed by atoms with Gasteiger partial charge in [-0.15, -0.1) is 0 Å². The van der Waals surface area contributed by atoms with Gasteiger partial charge >= 0.3 is 13.6 Å². The molecule has 2 heterocycles. The van der Waals surface area contributed by atoms with Crippen LogP contribution in [0.5, 0.6) is 5.75 Å². The highest BCUT2D eigenvalue weighted by atomic mass is 31.2. The zero-order valence-electron chi connectivity index (χ0n) is 26.7. The normalized spacial score (nSPS) is 25.6. The Labute approximate surface area is 290 Å². The Morgan fingerprint density at radius 1 is 0.882 bits per heavy atom. The molecule has 13 nitrogen and oxygen atoms in total. The van der Waals surface area contributed by atoms with Crippen molar-refractivity contribution in [2.75, 3.05) is 4.90 Å². The Kier molecular flexibility index (Phi) is 10.4. The minimum Gasteiger partial charge on any atom is -0.508 e. The first-order valence-corrected chi connectivity index (χ1v) is 17.6. The lowest BCUT2D eigenvalue weighted by Gasteiger charge is -2.48. The number of amides is 1. The van der Waals surface area contributed by atoms with Gasteiger partial charge in [0.15, 0.2) is 12.4 Å². The van der Waals surface area contributed by atoms with E-state index >= 15 is 0 Å². The highest BCUT2D eigenvalue weighted by molar-refractivity contribution is 7.60. The average molecular weight is 724 g/mol. The van der Waals surface area contributed by atoms with E-state index in [1.165, 1.54) is 54.6 Å². The summed E-state index contributed by atoms with van der Waals surface area (Å²) >= 11 is 0. The van der Waals surface area contributed by atoms with Crippen LogP contribution in [0.15, 0.2) is 97.1 Å². The third-order valence-corrected chi connectivity index (χ3v) is 10.2. The topological polar surface area (TPSA) is 215 Å². The van der Waals surface area contributed by atoms with Crippen LogP contribution in [0, 0.1) is 11.7 Å². The van der Waals surface area contributed by atoms with Crippen LogP contribution in [0.3, 0.4) is 0 Å². The number of rotatable bonds is 11. The Morgan fingerprint density at radius 2 is 1.53 bits per heavy atom. The molecule has 0 aliphatic carbocycles. The highest BCUT2D eigenvalue weighted by Gasteiger charge is 2.51. The van der Waals surface area contributed by atoms with Crippen molar-refractivity contribution >= 4 is 30.5 Å². The molecule has 8 atom stereocenters. The number of ether oxygens (including phenoxy) is 2. The number of carboxylic acid groups (broad SMARTS) is 1. The molecule has 4 aromatic carbocycles. The van der Waals surface area contributed by atoms with E-state index in [0.717, 1.165) is 0 Å². The first-order valence-electron chi connectivity index (χ1n) is 16.0. The number of carboxylic acids is 1. The number of β-lactam (4-membered cyclic amide) rings is 1. The average Bonchev–Trinajstić information content (AvgIpc) is 3.10. The van der Waals surface area contributed by atoms with Crippen LogP contribution in [0.1, 0.15) is 36.1 Å². The van der Waals surface area contributed by atoms with Gasteiger partial charge in [-0.05, 0) is 72.0 Å². The number of aromatic hydroxyl groups is 1. The number of aliphatic carboxylic acids is 1. The summed E-state index contributed by atoms with van der Waals surface area (Å²) in [7, 11) is -4.44. The number of benzene rings is 4. The van der Waals surface area contributed by atoms with Crippen molar-refractivity contribution in [1.82, 2.24) is 0 Å². The second-order valence-electron chi connectivity index (χ2n) is 12.4. The lowest BCUT2D eigenvalue weighted by atomic mass is 9.77. The van der Waals surface area contributed by atoms with E-state index in [-0.39, 0.29) is 29.8 Å². The molecule has 2 fully saturated rings. The van der Waals surface area contributed by atoms with Crippen molar-refractivity contribution < 1.29 is 63.3 Å². The zero-order valence-corrected chi connectivity index (χ0v) is 27.6. The summed E-state index contributed by atoms with van der Waals surface area (Å²) in [6.45, 7) is 0. The number of carbonyl (C=O) groups is 2. The quantitative estimate of drug-likeness (QED) is 0.0879. The number of nitrogens with zero attached hydrogens (tertiary/aromatic N) is 1. The Bertz CT molecular complexity index is 1920. The van der Waals surface area contributed by atoms with Gasteiger partial charge in [0, 0.05) is 11.3 Å². The van der Waals surface area contributed by atoms with E-state index in [1.807, 2.05) is 0 Å². The summed E-state index contributed by atoms with van der Waals surface area (Å²) in [5.41, 5.74) is 2.55. The van der Waals surface area contributed by atoms with Crippen molar-refractivity contribution in [3.8, 4) is 16.9 Å². The number of hydrogen-bond donors (Lipinski definition) is 7.